The van der Waals surface area contributed by atoms with Gasteiger partial charge >= 0.3 is 187 Å². The first-order valence-electron chi connectivity index (χ1n) is 10.5. The van der Waals surface area contributed by atoms with E-state index in [0.29, 0.717) is 0 Å². The zero-order valence-corrected chi connectivity index (χ0v) is 21.6. The number of aromatic amines is 1. The van der Waals surface area contributed by atoms with Crippen molar-refractivity contribution in [2.45, 2.75) is 0 Å². The standard InChI is InChI=1S/C27H19NSSe.ClHO4/c1-3-11-21(12-4-1)25-18-20(19-26(30-25)22-13-5-2-6-14-22)10-9-17-27-28-23-15-7-8-16-24(23)29-27;2-1(3,4)5/h1-19H;(H,2,3,4,5)/b17-9+;. The Labute approximate surface area is 215 Å². The Hall–Kier alpha value is -2.84. The minimum absolute atomic E-state index is 0.281. The summed E-state index contributed by atoms with van der Waals surface area (Å²) in [4.78, 5) is 3.48. The van der Waals surface area contributed by atoms with Gasteiger partial charge in [0.1, 0.15) is 0 Å². The molecule has 0 unspecified atom stereocenters. The number of H-pyrrole nitrogens is 1. The summed E-state index contributed by atoms with van der Waals surface area (Å²) in [5.41, 5.74) is 5.05. The molecular weight excluding hydrogens is 549 g/mol. The third-order valence-electron chi connectivity index (χ3n) is 4.83. The van der Waals surface area contributed by atoms with Gasteiger partial charge in [-0.25, -0.2) is 18.6 Å². The fourth-order valence-electron chi connectivity index (χ4n) is 3.37. The minimum atomic E-state index is -4.94. The fourth-order valence-corrected chi connectivity index (χ4v) is 6.67. The number of aromatic nitrogens is 1. The number of hydrogen-bond donors (Lipinski definition) is 0. The number of para-hydroxylation sites is 1. The molecule has 0 fully saturated rings. The van der Waals surface area contributed by atoms with Crippen LogP contribution in [0.4, 0.5) is 0 Å². The molecule has 0 atom stereocenters. The first-order valence-corrected chi connectivity index (χ1v) is 14.2. The summed E-state index contributed by atoms with van der Waals surface area (Å²) < 4.78 is 38.1. The Morgan fingerprint density at radius 2 is 1.23 bits per heavy atom. The van der Waals surface area contributed by atoms with E-state index in [-0.39, 0.29) is 15.0 Å². The molecule has 5 rings (SSSR count). The molecule has 0 bridgehead atoms. The summed E-state index contributed by atoms with van der Waals surface area (Å²) in [5.74, 6) is 0. The van der Waals surface area contributed by atoms with Crippen LogP contribution in [0.25, 0.3) is 25.2 Å². The third-order valence-corrected chi connectivity index (χ3v) is 8.27. The molecule has 0 radical (unpaired) electrons. The van der Waals surface area contributed by atoms with E-state index >= 15 is 0 Å². The average Bonchev–Trinajstić information content (AvgIpc) is 3.27. The van der Waals surface area contributed by atoms with Crippen molar-refractivity contribution in [1.82, 2.24) is 0 Å². The van der Waals surface area contributed by atoms with Crippen molar-refractivity contribution in [1.29, 1.82) is 0 Å². The van der Waals surface area contributed by atoms with E-state index in [1.807, 2.05) is 0 Å². The van der Waals surface area contributed by atoms with Crippen LogP contribution in [0.3, 0.4) is 0 Å². The summed E-state index contributed by atoms with van der Waals surface area (Å²) in [6, 6.07) is 29.9. The van der Waals surface area contributed by atoms with Crippen LogP contribution in [0.15, 0.2) is 115 Å². The maximum absolute atomic E-state index is 8.49. The van der Waals surface area contributed by atoms with Crippen molar-refractivity contribution in [3.05, 3.63) is 131 Å². The van der Waals surface area contributed by atoms with Gasteiger partial charge < -0.3 is 0 Å². The van der Waals surface area contributed by atoms with Crippen molar-refractivity contribution in [2.24, 2.45) is 0 Å². The van der Waals surface area contributed by atoms with Crippen LogP contribution in [0.2, 0.25) is 0 Å². The number of rotatable bonds is 4. The maximum Gasteiger partial charge on any atom is -0.112 e. The molecule has 0 amide bonds. The van der Waals surface area contributed by atoms with Gasteiger partial charge in [-0.2, -0.15) is 0 Å². The molecule has 0 saturated carbocycles. The van der Waals surface area contributed by atoms with Gasteiger partial charge in [0.2, 0.25) is 0 Å². The van der Waals surface area contributed by atoms with E-state index < -0.39 is 10.2 Å². The Morgan fingerprint density at radius 1 is 0.714 bits per heavy atom. The summed E-state index contributed by atoms with van der Waals surface area (Å²) >= 11 is 2.06. The number of halogens is 1. The van der Waals surface area contributed by atoms with Crippen molar-refractivity contribution in [3.63, 3.8) is 0 Å². The molecule has 35 heavy (non-hydrogen) atoms. The van der Waals surface area contributed by atoms with E-state index in [1.165, 1.54) is 35.9 Å². The average molecular weight is 569 g/mol. The van der Waals surface area contributed by atoms with Crippen LogP contribution in [-0.4, -0.2) is 15.0 Å². The predicted octanol–water partition coefficient (Wildman–Crippen LogP) is 1.70. The summed E-state index contributed by atoms with van der Waals surface area (Å²) in [5, 5.41) is 1.16. The van der Waals surface area contributed by atoms with Crippen molar-refractivity contribution in [3.8, 4) is 0 Å². The second-order valence-corrected chi connectivity index (χ2v) is 11.5. The second kappa shape index (κ2) is 11.7. The van der Waals surface area contributed by atoms with Crippen LogP contribution >= 0.6 is 11.3 Å². The maximum atomic E-state index is 8.49. The van der Waals surface area contributed by atoms with Crippen LogP contribution < -0.4 is 23.6 Å². The van der Waals surface area contributed by atoms with Gasteiger partial charge in [-0.1, -0.05) is 0 Å². The van der Waals surface area contributed by atoms with Crippen LogP contribution in [0, 0.1) is 10.2 Å². The van der Waals surface area contributed by atoms with Crippen LogP contribution in [0.1, 0.15) is 16.1 Å². The SMILES string of the molecule is C(/C=C/c1[nH+]c2ccccc2s1)=C1C=C(c2ccccc2)[Se]C(c2ccccc2)=C1.[O-][Cl+3]([O-])([O-])[O-]. The van der Waals surface area contributed by atoms with Gasteiger partial charge in [-0.3, -0.25) is 0 Å². The molecule has 0 saturated heterocycles. The van der Waals surface area contributed by atoms with Gasteiger partial charge in [0.05, 0.1) is 0 Å². The molecule has 1 aromatic heterocycles. The Balaban J connectivity index is 0.000000527. The molecule has 176 valence electrons. The van der Waals surface area contributed by atoms with E-state index in [1.54, 1.807) is 11.3 Å². The first-order chi connectivity index (χ1) is 16.8. The molecule has 5 nitrogen and oxygen atoms in total. The Morgan fingerprint density at radius 3 is 1.77 bits per heavy atom. The van der Waals surface area contributed by atoms with Crippen molar-refractivity contribution in [2.75, 3.05) is 0 Å². The molecule has 4 aromatic rings. The third kappa shape index (κ3) is 7.83. The second-order valence-electron chi connectivity index (χ2n) is 7.34. The fraction of sp³-hybridized carbons (Fsp3) is 0. The van der Waals surface area contributed by atoms with E-state index in [9.17, 15) is 0 Å². The quantitative estimate of drug-likeness (QED) is 0.349. The largest absolute Gasteiger partial charge is 0.222 e. The minimum Gasteiger partial charge on any atom is -0.222 e. The molecule has 0 aliphatic carbocycles. The van der Waals surface area contributed by atoms with Gasteiger partial charge in [0, 0.05) is 0 Å². The molecule has 8 heteroatoms. The Bertz CT molecular complexity index is 1310. The molecule has 1 aliphatic heterocycles. The smallest absolute Gasteiger partial charge is 0.112 e. The molecule has 3 aromatic carbocycles. The predicted molar refractivity (Wildman–Crippen MR) is 130 cm³/mol. The number of allylic oxidation sites excluding steroid dienone is 5. The van der Waals surface area contributed by atoms with Gasteiger partial charge in [-0.15, -0.1) is 10.2 Å². The zero-order chi connectivity index (χ0) is 24.7. The van der Waals surface area contributed by atoms with Crippen molar-refractivity contribution >= 4 is 51.5 Å². The van der Waals surface area contributed by atoms with E-state index in [0.717, 1.165) is 5.01 Å². The van der Waals surface area contributed by atoms with Crippen molar-refractivity contribution < 1.29 is 33.9 Å². The number of fused-ring (bicyclic) bond motifs is 1. The normalized spacial score (nSPS) is 13.8. The number of nitrogens with one attached hydrogen (secondary N) is 1. The van der Waals surface area contributed by atoms with Gasteiger partial charge in [-0.05, 0) is 0 Å². The zero-order valence-electron chi connectivity index (χ0n) is 18.3. The van der Waals surface area contributed by atoms with Gasteiger partial charge in [0.15, 0.2) is 0 Å². The summed E-state index contributed by atoms with van der Waals surface area (Å²) in [7, 11) is -4.94. The molecule has 2 heterocycles. The van der Waals surface area contributed by atoms with Crippen LogP contribution in [0.5, 0.6) is 0 Å². The molecule has 1 N–H and O–H groups in total. The molecule has 0 spiro atoms. The van der Waals surface area contributed by atoms with E-state index in [2.05, 4.69) is 120 Å². The number of hydrogen-bond acceptors (Lipinski definition) is 5. The molecule has 1 aliphatic rings. The van der Waals surface area contributed by atoms with E-state index in [4.69, 9.17) is 18.6 Å². The first kappa shape index (κ1) is 25.3. The number of benzene rings is 3. The van der Waals surface area contributed by atoms with Crippen LogP contribution in [-0.2, 0) is 0 Å². The number of thiazole rings is 1. The summed E-state index contributed by atoms with van der Waals surface area (Å²) in [6.07, 6.45) is 11.2. The monoisotopic (exact) mass is 569 g/mol. The Kier molecular flexibility index (Phi) is 8.46. The van der Waals surface area contributed by atoms with Gasteiger partial charge in [0.25, 0.3) is 0 Å². The topological polar surface area (TPSA) is 106 Å². The molecular formula is C27H20ClNO4SSe. The summed E-state index contributed by atoms with van der Waals surface area (Å²) in [6.45, 7) is 0.